The van der Waals surface area contributed by atoms with Crippen LogP contribution in [0.25, 0.3) is 11.0 Å². The topological polar surface area (TPSA) is 146 Å². The molecule has 1 unspecified atom stereocenters. The van der Waals surface area contributed by atoms with Crippen LogP contribution in [0.1, 0.15) is 43.6 Å². The molecular weight excluding hydrogens is 542 g/mol. The van der Waals surface area contributed by atoms with E-state index in [1.54, 1.807) is 62.8 Å². The number of para-hydroxylation sites is 2. The van der Waals surface area contributed by atoms with Gasteiger partial charge in [0.2, 0.25) is 5.91 Å². The summed E-state index contributed by atoms with van der Waals surface area (Å²) in [7, 11) is -1.04. The van der Waals surface area contributed by atoms with Crippen molar-refractivity contribution in [3.05, 3.63) is 72.3 Å². The molecular formula is C30H33N5O5S. The van der Waals surface area contributed by atoms with Crippen molar-refractivity contribution in [1.82, 2.24) is 9.97 Å². The average molecular weight is 576 g/mol. The van der Waals surface area contributed by atoms with Crippen LogP contribution in [0.5, 0.6) is 11.5 Å². The Morgan fingerprint density at radius 2 is 1.56 bits per heavy atom. The minimum absolute atomic E-state index is 0.00312. The van der Waals surface area contributed by atoms with Gasteiger partial charge in [0.15, 0.2) is 11.6 Å². The van der Waals surface area contributed by atoms with Gasteiger partial charge in [-0.05, 0) is 42.2 Å². The Hall–Kier alpha value is -4.38. The highest BCUT2D eigenvalue weighted by molar-refractivity contribution is 7.92. The second-order valence-corrected chi connectivity index (χ2v) is 11.8. The molecule has 1 heterocycles. The predicted molar refractivity (Wildman–Crippen MR) is 158 cm³/mol. The van der Waals surface area contributed by atoms with Crippen LogP contribution in [0.4, 0.5) is 17.3 Å². The van der Waals surface area contributed by atoms with Gasteiger partial charge in [0, 0.05) is 23.9 Å². The van der Waals surface area contributed by atoms with Crippen molar-refractivity contribution >= 4 is 44.3 Å². The van der Waals surface area contributed by atoms with Gasteiger partial charge in [0.05, 0.1) is 36.1 Å². The summed E-state index contributed by atoms with van der Waals surface area (Å²) < 4.78 is 40.7. The molecule has 11 heteroatoms. The number of ether oxygens (including phenoxy) is 2. The van der Waals surface area contributed by atoms with E-state index in [1.807, 2.05) is 6.07 Å². The molecule has 1 saturated carbocycles. The number of aromatic nitrogens is 2. The third-order valence-electron chi connectivity index (χ3n) is 7.37. The van der Waals surface area contributed by atoms with Crippen molar-refractivity contribution < 1.29 is 22.7 Å². The monoisotopic (exact) mass is 575 g/mol. The summed E-state index contributed by atoms with van der Waals surface area (Å²) in [6, 6.07) is 18.7. The van der Waals surface area contributed by atoms with E-state index < -0.39 is 21.8 Å². The smallest absolute Gasteiger partial charge is 0.263 e. The SMILES string of the molecule is COc1cc(Nc2nc3ccccc3nc2NS(=O)(=O)c2cccc(C(CC3CCCC3)C(N)=O)c2)cc(OC)c1. The molecule has 1 aromatic heterocycles. The van der Waals surface area contributed by atoms with Crippen LogP contribution >= 0.6 is 0 Å². The first kappa shape index (κ1) is 28.2. The van der Waals surface area contributed by atoms with Gasteiger partial charge in [0.1, 0.15) is 11.5 Å². The number of primary amides is 1. The van der Waals surface area contributed by atoms with E-state index in [0.29, 0.717) is 46.1 Å². The molecule has 1 aliphatic carbocycles. The molecule has 1 amide bonds. The largest absolute Gasteiger partial charge is 0.497 e. The van der Waals surface area contributed by atoms with Gasteiger partial charge in [-0.15, -0.1) is 0 Å². The number of anilines is 3. The molecule has 214 valence electrons. The molecule has 5 rings (SSSR count). The number of benzene rings is 3. The highest BCUT2D eigenvalue weighted by Gasteiger charge is 2.27. The molecule has 41 heavy (non-hydrogen) atoms. The molecule has 0 bridgehead atoms. The lowest BCUT2D eigenvalue weighted by Crippen LogP contribution is -2.24. The summed E-state index contributed by atoms with van der Waals surface area (Å²) in [5, 5.41) is 3.15. The van der Waals surface area contributed by atoms with E-state index in [-0.39, 0.29) is 16.5 Å². The van der Waals surface area contributed by atoms with Crippen molar-refractivity contribution in [3.8, 4) is 11.5 Å². The number of fused-ring (bicyclic) bond motifs is 1. The quantitative estimate of drug-likeness (QED) is 0.217. The predicted octanol–water partition coefficient (Wildman–Crippen LogP) is 5.34. The van der Waals surface area contributed by atoms with Crippen molar-refractivity contribution in [2.45, 2.75) is 42.9 Å². The number of nitrogens with one attached hydrogen (secondary N) is 2. The summed E-state index contributed by atoms with van der Waals surface area (Å²) in [5.74, 6) is 0.669. The van der Waals surface area contributed by atoms with E-state index in [1.165, 1.54) is 12.1 Å². The third kappa shape index (κ3) is 6.51. The Kier molecular flexibility index (Phi) is 8.25. The van der Waals surface area contributed by atoms with Gasteiger partial charge in [-0.3, -0.25) is 9.52 Å². The first-order valence-electron chi connectivity index (χ1n) is 13.4. The van der Waals surface area contributed by atoms with Crippen LogP contribution in [0, 0.1) is 5.92 Å². The number of nitrogens with two attached hydrogens (primary N) is 1. The number of methoxy groups -OCH3 is 2. The molecule has 10 nitrogen and oxygen atoms in total. The number of sulfonamides is 1. The summed E-state index contributed by atoms with van der Waals surface area (Å²) in [4.78, 5) is 21.6. The number of hydrogen-bond donors (Lipinski definition) is 3. The fraction of sp³-hybridized carbons (Fsp3) is 0.300. The Bertz CT molecular complexity index is 1650. The van der Waals surface area contributed by atoms with E-state index in [9.17, 15) is 13.2 Å². The van der Waals surface area contributed by atoms with Gasteiger partial charge in [-0.2, -0.15) is 0 Å². The highest BCUT2D eigenvalue weighted by Crippen LogP contribution is 2.35. The highest BCUT2D eigenvalue weighted by atomic mass is 32.2. The number of hydrogen-bond acceptors (Lipinski definition) is 8. The number of amides is 1. The molecule has 0 spiro atoms. The van der Waals surface area contributed by atoms with Crippen LogP contribution in [0.15, 0.2) is 71.6 Å². The maximum absolute atomic E-state index is 13.7. The van der Waals surface area contributed by atoms with Crippen LogP contribution in [-0.2, 0) is 14.8 Å². The van der Waals surface area contributed by atoms with Crippen LogP contribution in [0.2, 0.25) is 0 Å². The number of rotatable bonds is 11. The molecule has 0 aliphatic heterocycles. The zero-order valence-corrected chi connectivity index (χ0v) is 23.8. The van der Waals surface area contributed by atoms with Crippen LogP contribution in [0.3, 0.4) is 0 Å². The zero-order valence-electron chi connectivity index (χ0n) is 23.0. The van der Waals surface area contributed by atoms with Gasteiger partial charge in [-0.25, -0.2) is 18.4 Å². The second-order valence-electron chi connectivity index (χ2n) is 10.2. The maximum atomic E-state index is 13.7. The van der Waals surface area contributed by atoms with Gasteiger partial charge >= 0.3 is 0 Å². The standard InChI is InChI=1S/C30H33N5O5S/c1-39-22-16-21(17-23(18-22)40-2)32-29-30(34-27-13-6-5-12-26(27)33-29)35-41(37,38)24-11-7-10-20(15-24)25(28(31)36)14-19-8-3-4-9-19/h5-7,10-13,15-19,25H,3-4,8-9,14H2,1-2H3,(H2,31,36)(H,32,33)(H,34,35). The van der Waals surface area contributed by atoms with Gasteiger partial charge < -0.3 is 20.5 Å². The lowest BCUT2D eigenvalue weighted by atomic mass is 9.87. The van der Waals surface area contributed by atoms with E-state index in [0.717, 1.165) is 25.7 Å². The fourth-order valence-electron chi connectivity index (χ4n) is 5.26. The Morgan fingerprint density at radius 1 is 0.927 bits per heavy atom. The number of carbonyl (C=O) groups is 1. The lowest BCUT2D eigenvalue weighted by Gasteiger charge is -2.19. The third-order valence-corrected chi connectivity index (χ3v) is 8.71. The van der Waals surface area contributed by atoms with Crippen LogP contribution in [-0.4, -0.2) is 38.5 Å². The van der Waals surface area contributed by atoms with E-state index in [4.69, 9.17) is 15.2 Å². The van der Waals surface area contributed by atoms with Crippen molar-refractivity contribution in [1.29, 1.82) is 0 Å². The molecule has 4 N–H and O–H groups in total. The first-order valence-corrected chi connectivity index (χ1v) is 14.9. The summed E-state index contributed by atoms with van der Waals surface area (Å²) >= 11 is 0. The number of nitrogens with zero attached hydrogens (tertiary/aromatic N) is 2. The molecule has 4 aromatic rings. The van der Waals surface area contributed by atoms with Crippen molar-refractivity contribution in [2.75, 3.05) is 24.3 Å². The normalized spacial score (nSPS) is 14.5. The molecule has 3 aromatic carbocycles. The summed E-state index contributed by atoms with van der Waals surface area (Å²) in [6.45, 7) is 0. The minimum atomic E-state index is -4.13. The van der Waals surface area contributed by atoms with Gasteiger partial charge in [0.25, 0.3) is 10.0 Å². The molecule has 1 atom stereocenters. The first-order chi connectivity index (χ1) is 19.8. The Labute approximate surface area is 239 Å². The van der Waals surface area contributed by atoms with Gasteiger partial charge in [-0.1, -0.05) is 49.9 Å². The average Bonchev–Trinajstić information content (AvgIpc) is 3.49. The molecule has 1 fully saturated rings. The van der Waals surface area contributed by atoms with E-state index >= 15 is 0 Å². The molecule has 0 saturated heterocycles. The summed E-state index contributed by atoms with van der Waals surface area (Å²) in [6.07, 6.45) is 5.00. The Morgan fingerprint density at radius 3 is 2.17 bits per heavy atom. The van der Waals surface area contributed by atoms with E-state index in [2.05, 4.69) is 20.0 Å². The van der Waals surface area contributed by atoms with Crippen molar-refractivity contribution in [3.63, 3.8) is 0 Å². The fourth-order valence-corrected chi connectivity index (χ4v) is 6.32. The lowest BCUT2D eigenvalue weighted by molar-refractivity contribution is -0.119. The summed E-state index contributed by atoms with van der Waals surface area (Å²) in [5.41, 5.74) is 8.00. The number of carbonyl (C=O) groups excluding carboxylic acids is 1. The molecule has 1 aliphatic rings. The minimum Gasteiger partial charge on any atom is -0.497 e. The zero-order chi connectivity index (χ0) is 29.0. The maximum Gasteiger partial charge on any atom is 0.263 e. The second kappa shape index (κ2) is 12.0. The van der Waals surface area contributed by atoms with Crippen LogP contribution < -0.4 is 25.2 Å². The Balaban J connectivity index is 1.49. The molecule has 0 radical (unpaired) electrons. The van der Waals surface area contributed by atoms with Crippen molar-refractivity contribution in [2.24, 2.45) is 11.7 Å².